The van der Waals surface area contributed by atoms with Gasteiger partial charge in [-0.05, 0) is 42.8 Å². The van der Waals surface area contributed by atoms with Crippen LogP contribution < -0.4 is 20.1 Å². The Balaban J connectivity index is 1.73. The third-order valence-corrected chi connectivity index (χ3v) is 4.23. The molecule has 0 aliphatic rings. The maximum atomic E-state index is 12.5. The van der Waals surface area contributed by atoms with Crippen LogP contribution >= 0.6 is 11.6 Å². The highest BCUT2D eigenvalue weighted by atomic mass is 35.5. The molecule has 28 heavy (non-hydrogen) atoms. The lowest BCUT2D eigenvalue weighted by Crippen LogP contribution is -2.15. The molecule has 0 radical (unpaired) electrons. The van der Waals surface area contributed by atoms with E-state index in [1.807, 2.05) is 19.1 Å². The van der Waals surface area contributed by atoms with Crippen LogP contribution in [0.15, 0.2) is 48.8 Å². The first-order chi connectivity index (χ1) is 13.5. The van der Waals surface area contributed by atoms with Gasteiger partial charge in [0.2, 0.25) is 0 Å². The van der Waals surface area contributed by atoms with Crippen molar-refractivity contribution in [1.82, 2.24) is 9.97 Å². The summed E-state index contributed by atoms with van der Waals surface area (Å²) in [6.45, 7) is 1.94. The second-order valence-corrected chi connectivity index (χ2v) is 6.33. The van der Waals surface area contributed by atoms with Gasteiger partial charge in [0.05, 0.1) is 32.3 Å². The van der Waals surface area contributed by atoms with Crippen molar-refractivity contribution in [2.24, 2.45) is 0 Å². The number of rotatable bonds is 6. The molecule has 1 aromatic heterocycles. The highest BCUT2D eigenvalue weighted by Gasteiger charge is 2.13. The molecule has 0 atom stereocenters. The van der Waals surface area contributed by atoms with E-state index in [-0.39, 0.29) is 5.69 Å². The van der Waals surface area contributed by atoms with Gasteiger partial charge < -0.3 is 20.1 Å². The predicted molar refractivity (Wildman–Crippen MR) is 109 cm³/mol. The van der Waals surface area contributed by atoms with Crippen LogP contribution in [-0.2, 0) is 0 Å². The Kier molecular flexibility index (Phi) is 5.96. The summed E-state index contributed by atoms with van der Waals surface area (Å²) in [6.07, 6.45) is 2.89. The van der Waals surface area contributed by atoms with Crippen LogP contribution in [0.5, 0.6) is 11.5 Å². The Labute approximate surface area is 167 Å². The number of halogens is 1. The molecule has 0 aliphatic carbocycles. The molecular weight excluding hydrogens is 380 g/mol. The van der Waals surface area contributed by atoms with Gasteiger partial charge >= 0.3 is 0 Å². The predicted octanol–water partition coefficient (Wildman–Crippen LogP) is 4.45. The first-order valence-electron chi connectivity index (χ1n) is 8.38. The number of hydrogen-bond donors (Lipinski definition) is 2. The highest BCUT2D eigenvalue weighted by Crippen LogP contribution is 2.29. The number of amides is 1. The van der Waals surface area contributed by atoms with Crippen LogP contribution in [0.1, 0.15) is 16.1 Å². The normalized spacial score (nSPS) is 10.3. The number of aromatic nitrogens is 2. The smallest absolute Gasteiger partial charge is 0.275 e. The summed E-state index contributed by atoms with van der Waals surface area (Å²) in [5.74, 6) is 1.22. The monoisotopic (exact) mass is 398 g/mol. The summed E-state index contributed by atoms with van der Waals surface area (Å²) >= 11 is 5.97. The van der Waals surface area contributed by atoms with E-state index in [0.29, 0.717) is 28.0 Å². The molecule has 0 aliphatic heterocycles. The summed E-state index contributed by atoms with van der Waals surface area (Å²) in [4.78, 5) is 20.9. The maximum Gasteiger partial charge on any atom is 0.275 e. The second kappa shape index (κ2) is 8.58. The Morgan fingerprint density at radius 1 is 1.00 bits per heavy atom. The zero-order valence-electron chi connectivity index (χ0n) is 15.6. The maximum absolute atomic E-state index is 12.5. The van der Waals surface area contributed by atoms with E-state index in [9.17, 15) is 4.79 Å². The fourth-order valence-corrected chi connectivity index (χ4v) is 2.74. The molecule has 8 heteroatoms. The fraction of sp³-hybridized carbons (Fsp3) is 0.150. The van der Waals surface area contributed by atoms with Crippen molar-refractivity contribution < 1.29 is 14.3 Å². The van der Waals surface area contributed by atoms with Crippen molar-refractivity contribution in [3.8, 4) is 11.5 Å². The summed E-state index contributed by atoms with van der Waals surface area (Å²) in [5.41, 5.74) is 2.48. The number of benzene rings is 2. The zero-order valence-corrected chi connectivity index (χ0v) is 16.4. The average molecular weight is 399 g/mol. The number of anilines is 3. The molecule has 2 aromatic carbocycles. The number of hydrogen-bond acceptors (Lipinski definition) is 6. The van der Waals surface area contributed by atoms with E-state index in [0.717, 1.165) is 11.3 Å². The third kappa shape index (κ3) is 4.50. The van der Waals surface area contributed by atoms with E-state index < -0.39 is 5.91 Å². The summed E-state index contributed by atoms with van der Waals surface area (Å²) in [6, 6.07) is 10.6. The Bertz CT molecular complexity index is 993. The zero-order chi connectivity index (χ0) is 20.1. The van der Waals surface area contributed by atoms with Gasteiger partial charge in [-0.2, -0.15) is 0 Å². The lowest BCUT2D eigenvalue weighted by atomic mass is 10.2. The molecule has 1 heterocycles. The Morgan fingerprint density at radius 3 is 2.46 bits per heavy atom. The lowest BCUT2D eigenvalue weighted by Gasteiger charge is -2.12. The van der Waals surface area contributed by atoms with Crippen LogP contribution in [0.3, 0.4) is 0 Å². The highest BCUT2D eigenvalue weighted by molar-refractivity contribution is 6.30. The first-order valence-corrected chi connectivity index (χ1v) is 8.76. The Hall–Kier alpha value is -3.32. The molecule has 3 rings (SSSR count). The molecule has 0 saturated heterocycles. The van der Waals surface area contributed by atoms with Gasteiger partial charge in [-0.25, -0.2) is 9.97 Å². The van der Waals surface area contributed by atoms with E-state index in [1.54, 1.807) is 31.4 Å². The number of aryl methyl sites for hydroxylation is 1. The molecule has 0 saturated carbocycles. The van der Waals surface area contributed by atoms with E-state index >= 15 is 0 Å². The molecule has 0 unspecified atom stereocenters. The number of ether oxygens (including phenoxy) is 2. The number of carbonyl (C=O) groups excluding carboxylic acids is 1. The molecular formula is C20H19ClN4O3. The van der Waals surface area contributed by atoms with Gasteiger partial charge in [0, 0.05) is 16.8 Å². The first kappa shape index (κ1) is 19.4. The molecule has 0 spiro atoms. The van der Waals surface area contributed by atoms with E-state index in [1.165, 1.54) is 19.5 Å². The van der Waals surface area contributed by atoms with Crippen LogP contribution in [0.2, 0.25) is 5.02 Å². The standard InChI is InChI=1S/C20H19ClN4O3/c1-12-8-13(21)4-6-15(12)24-19-11-22-17(10-23-19)20(26)25-16-9-14(27-2)5-7-18(16)28-3/h4-11H,1-3H3,(H,23,24)(H,25,26). The minimum absolute atomic E-state index is 0.170. The largest absolute Gasteiger partial charge is 0.497 e. The van der Waals surface area contributed by atoms with Crippen LogP contribution in [0.4, 0.5) is 17.2 Å². The quantitative estimate of drug-likeness (QED) is 0.638. The van der Waals surface area contributed by atoms with Crippen molar-refractivity contribution in [2.45, 2.75) is 6.92 Å². The Morgan fingerprint density at radius 2 is 1.82 bits per heavy atom. The molecule has 0 fully saturated rings. The molecule has 1 amide bonds. The molecule has 2 N–H and O–H groups in total. The second-order valence-electron chi connectivity index (χ2n) is 5.89. The number of nitrogens with one attached hydrogen (secondary N) is 2. The molecule has 144 valence electrons. The average Bonchev–Trinajstić information content (AvgIpc) is 2.70. The van der Waals surface area contributed by atoms with Crippen molar-refractivity contribution in [1.29, 1.82) is 0 Å². The third-order valence-electron chi connectivity index (χ3n) is 3.99. The van der Waals surface area contributed by atoms with E-state index in [4.69, 9.17) is 21.1 Å². The summed E-state index contributed by atoms with van der Waals surface area (Å²) in [5, 5.41) is 6.56. The van der Waals surface area contributed by atoms with Crippen molar-refractivity contribution >= 4 is 34.7 Å². The summed E-state index contributed by atoms with van der Waals surface area (Å²) in [7, 11) is 3.07. The molecule has 0 bridgehead atoms. The number of methoxy groups -OCH3 is 2. The summed E-state index contributed by atoms with van der Waals surface area (Å²) < 4.78 is 10.4. The topological polar surface area (TPSA) is 85.4 Å². The van der Waals surface area contributed by atoms with Gasteiger partial charge in [0.25, 0.3) is 5.91 Å². The molecule has 3 aromatic rings. The van der Waals surface area contributed by atoms with E-state index in [2.05, 4.69) is 20.6 Å². The minimum atomic E-state index is -0.409. The molecule has 7 nitrogen and oxygen atoms in total. The fourth-order valence-electron chi connectivity index (χ4n) is 2.51. The van der Waals surface area contributed by atoms with Crippen molar-refractivity contribution in [3.05, 3.63) is 65.1 Å². The number of nitrogens with zero attached hydrogens (tertiary/aromatic N) is 2. The van der Waals surface area contributed by atoms with Gasteiger partial charge in [0.1, 0.15) is 23.0 Å². The van der Waals surface area contributed by atoms with Gasteiger partial charge in [-0.1, -0.05) is 11.6 Å². The van der Waals surface area contributed by atoms with Gasteiger partial charge in [-0.3, -0.25) is 4.79 Å². The van der Waals surface area contributed by atoms with Crippen LogP contribution in [0, 0.1) is 6.92 Å². The van der Waals surface area contributed by atoms with Crippen molar-refractivity contribution in [2.75, 3.05) is 24.9 Å². The van der Waals surface area contributed by atoms with Crippen LogP contribution in [0.25, 0.3) is 0 Å². The SMILES string of the molecule is COc1ccc(OC)c(NC(=O)c2cnc(Nc3ccc(Cl)cc3C)cn2)c1. The van der Waals surface area contributed by atoms with Gasteiger partial charge in [0.15, 0.2) is 0 Å². The van der Waals surface area contributed by atoms with Crippen LogP contribution in [-0.4, -0.2) is 30.1 Å². The lowest BCUT2D eigenvalue weighted by molar-refractivity contribution is 0.102. The number of carbonyl (C=O) groups is 1. The van der Waals surface area contributed by atoms with Crippen molar-refractivity contribution in [3.63, 3.8) is 0 Å². The van der Waals surface area contributed by atoms with Gasteiger partial charge in [-0.15, -0.1) is 0 Å². The minimum Gasteiger partial charge on any atom is -0.497 e.